The van der Waals surface area contributed by atoms with Crippen molar-refractivity contribution in [3.05, 3.63) is 11.6 Å². The number of nitrogens with zero attached hydrogens (tertiary/aromatic N) is 2. The minimum absolute atomic E-state index is 0.415. The average molecular weight is 311 g/mol. The number of hydrogen-bond donors (Lipinski definition) is 2. The molecule has 6 heteroatoms. The summed E-state index contributed by atoms with van der Waals surface area (Å²) in [5, 5.41) is 16.0. The molecule has 2 N–H and O–H groups in total. The Balaban J connectivity index is 1.82. The van der Waals surface area contributed by atoms with Crippen molar-refractivity contribution < 1.29 is 9.90 Å². The summed E-state index contributed by atoms with van der Waals surface area (Å²) in [6.45, 7) is 6.47. The molecular weight excluding hydrogens is 286 g/mol. The normalized spacial score (nSPS) is 17.1. The van der Waals surface area contributed by atoms with Crippen LogP contribution in [0.1, 0.15) is 39.5 Å². The van der Waals surface area contributed by atoms with Crippen molar-refractivity contribution in [1.29, 1.82) is 0 Å². The van der Waals surface area contributed by atoms with Crippen molar-refractivity contribution in [1.82, 2.24) is 10.3 Å². The molecule has 5 nitrogen and oxygen atoms in total. The van der Waals surface area contributed by atoms with Gasteiger partial charge in [0.15, 0.2) is 5.13 Å². The first-order valence-electron chi connectivity index (χ1n) is 7.72. The van der Waals surface area contributed by atoms with Crippen LogP contribution >= 0.6 is 11.3 Å². The lowest BCUT2D eigenvalue weighted by atomic mass is 9.82. The van der Waals surface area contributed by atoms with E-state index in [0.717, 1.165) is 31.1 Å². The second-order valence-corrected chi connectivity index (χ2v) is 6.62. The predicted molar refractivity (Wildman–Crippen MR) is 86.0 cm³/mol. The molecule has 2 heterocycles. The number of rotatable bonds is 7. The van der Waals surface area contributed by atoms with Crippen molar-refractivity contribution in [2.24, 2.45) is 5.41 Å². The summed E-state index contributed by atoms with van der Waals surface area (Å²) in [6, 6.07) is 0.415. The van der Waals surface area contributed by atoms with Gasteiger partial charge in [0.05, 0.1) is 5.41 Å². The van der Waals surface area contributed by atoms with Gasteiger partial charge in [0, 0.05) is 37.3 Å². The number of carboxylic acids is 1. The largest absolute Gasteiger partial charge is 0.481 e. The smallest absolute Gasteiger partial charge is 0.310 e. The lowest BCUT2D eigenvalue weighted by molar-refractivity contribution is -0.149. The number of carbonyl (C=O) groups is 1. The highest BCUT2D eigenvalue weighted by molar-refractivity contribution is 7.13. The van der Waals surface area contributed by atoms with Crippen LogP contribution in [0.3, 0.4) is 0 Å². The van der Waals surface area contributed by atoms with Crippen LogP contribution in [0.25, 0.3) is 0 Å². The summed E-state index contributed by atoms with van der Waals surface area (Å²) in [4.78, 5) is 18.2. The summed E-state index contributed by atoms with van der Waals surface area (Å²) >= 11 is 1.68. The predicted octanol–water partition coefficient (Wildman–Crippen LogP) is 2.59. The van der Waals surface area contributed by atoms with E-state index < -0.39 is 11.4 Å². The molecule has 118 valence electrons. The zero-order valence-electron chi connectivity index (χ0n) is 12.8. The topological polar surface area (TPSA) is 65.5 Å². The Kier molecular flexibility index (Phi) is 5.58. The summed E-state index contributed by atoms with van der Waals surface area (Å²) in [5.74, 6) is -0.680. The lowest BCUT2D eigenvalue weighted by Crippen LogP contribution is -2.48. The van der Waals surface area contributed by atoms with Crippen LogP contribution in [0.15, 0.2) is 11.6 Å². The molecule has 0 atom stereocenters. The van der Waals surface area contributed by atoms with Crippen LogP contribution in [-0.4, -0.2) is 41.7 Å². The highest BCUT2D eigenvalue weighted by Crippen LogP contribution is 2.27. The third-order valence-corrected chi connectivity index (χ3v) is 5.55. The molecule has 0 radical (unpaired) electrons. The van der Waals surface area contributed by atoms with Crippen LogP contribution in [0.5, 0.6) is 0 Å². The van der Waals surface area contributed by atoms with Crippen molar-refractivity contribution >= 4 is 22.4 Å². The molecule has 0 aromatic carbocycles. The third-order valence-electron chi connectivity index (χ3n) is 4.72. The number of aromatic nitrogens is 1. The molecular formula is C15H25N3O2S. The van der Waals surface area contributed by atoms with E-state index in [9.17, 15) is 9.90 Å². The molecule has 1 aliphatic rings. The quantitative estimate of drug-likeness (QED) is 0.810. The molecule has 0 saturated carbocycles. The van der Waals surface area contributed by atoms with Gasteiger partial charge in [-0.05, 0) is 25.7 Å². The van der Waals surface area contributed by atoms with E-state index in [4.69, 9.17) is 0 Å². The first-order chi connectivity index (χ1) is 10.1. The van der Waals surface area contributed by atoms with E-state index >= 15 is 0 Å². The van der Waals surface area contributed by atoms with Crippen molar-refractivity contribution in [2.45, 2.75) is 45.6 Å². The molecule has 21 heavy (non-hydrogen) atoms. The van der Waals surface area contributed by atoms with Crippen LogP contribution in [-0.2, 0) is 4.79 Å². The maximum absolute atomic E-state index is 11.5. The standard InChI is InChI=1S/C15H25N3O2S/c1-3-15(4-2,13(19)20)11-17-12-5-8-18(9-6-12)14-16-7-10-21-14/h7,10,12,17H,3-6,8-9,11H2,1-2H3,(H,19,20). The number of piperidine rings is 1. The van der Waals surface area contributed by atoms with Crippen LogP contribution in [0.2, 0.25) is 0 Å². The van der Waals surface area contributed by atoms with Gasteiger partial charge in [-0.1, -0.05) is 13.8 Å². The number of hydrogen-bond acceptors (Lipinski definition) is 5. The number of aliphatic carboxylic acids is 1. The molecule has 1 aromatic rings. The lowest BCUT2D eigenvalue weighted by Gasteiger charge is -2.35. The Morgan fingerprint density at radius 3 is 2.62 bits per heavy atom. The van der Waals surface area contributed by atoms with Gasteiger partial charge in [0.25, 0.3) is 0 Å². The monoisotopic (exact) mass is 311 g/mol. The maximum atomic E-state index is 11.5. The zero-order chi connectivity index (χ0) is 15.3. The van der Waals surface area contributed by atoms with E-state index in [1.54, 1.807) is 11.3 Å². The minimum atomic E-state index is -0.680. The van der Waals surface area contributed by atoms with Crippen LogP contribution in [0, 0.1) is 5.41 Å². The van der Waals surface area contributed by atoms with Gasteiger partial charge in [-0.3, -0.25) is 4.79 Å². The molecule has 1 aromatic heterocycles. The Labute approximate surface area is 130 Å². The molecule has 0 amide bonds. The summed E-state index contributed by atoms with van der Waals surface area (Å²) in [7, 11) is 0. The molecule has 1 aliphatic heterocycles. The molecule has 0 bridgehead atoms. The molecule has 0 unspecified atom stereocenters. The third kappa shape index (κ3) is 3.74. The zero-order valence-corrected chi connectivity index (χ0v) is 13.7. The van der Waals surface area contributed by atoms with Gasteiger partial charge in [-0.25, -0.2) is 4.98 Å². The van der Waals surface area contributed by atoms with Crippen LogP contribution in [0.4, 0.5) is 5.13 Å². The average Bonchev–Trinajstić information content (AvgIpc) is 3.03. The first kappa shape index (κ1) is 16.2. The van der Waals surface area contributed by atoms with Crippen molar-refractivity contribution in [3.63, 3.8) is 0 Å². The molecule has 1 saturated heterocycles. The fraction of sp³-hybridized carbons (Fsp3) is 0.733. The van der Waals surface area contributed by atoms with Crippen molar-refractivity contribution in [3.8, 4) is 0 Å². The first-order valence-corrected chi connectivity index (χ1v) is 8.60. The number of thiazole rings is 1. The van der Waals surface area contributed by atoms with E-state index in [-0.39, 0.29) is 0 Å². The highest BCUT2D eigenvalue weighted by Gasteiger charge is 2.35. The Bertz CT molecular complexity index is 438. The maximum Gasteiger partial charge on any atom is 0.310 e. The van der Waals surface area contributed by atoms with E-state index in [1.165, 1.54) is 0 Å². The van der Waals surface area contributed by atoms with Crippen LogP contribution < -0.4 is 10.2 Å². The number of anilines is 1. The second kappa shape index (κ2) is 7.22. The van der Waals surface area contributed by atoms with Gasteiger partial charge >= 0.3 is 5.97 Å². The number of carboxylic acid groups (broad SMARTS) is 1. The second-order valence-electron chi connectivity index (χ2n) is 5.75. The fourth-order valence-corrected chi connectivity index (χ4v) is 3.56. The minimum Gasteiger partial charge on any atom is -0.481 e. The van der Waals surface area contributed by atoms with Gasteiger partial charge in [0.1, 0.15) is 0 Å². The highest BCUT2D eigenvalue weighted by atomic mass is 32.1. The Hall–Kier alpha value is -1.14. The van der Waals surface area contributed by atoms with Gasteiger partial charge in [-0.15, -0.1) is 11.3 Å². The Morgan fingerprint density at radius 1 is 1.48 bits per heavy atom. The van der Waals surface area contributed by atoms with Crippen molar-refractivity contribution in [2.75, 3.05) is 24.5 Å². The van der Waals surface area contributed by atoms with Gasteiger partial charge in [-0.2, -0.15) is 0 Å². The molecule has 1 fully saturated rings. The summed E-state index contributed by atoms with van der Waals surface area (Å²) in [5.41, 5.74) is -0.619. The SMILES string of the molecule is CCC(CC)(CNC1CCN(c2nccs2)CC1)C(=O)O. The van der Waals surface area contributed by atoms with E-state index in [2.05, 4.69) is 15.2 Å². The van der Waals surface area contributed by atoms with E-state index in [0.29, 0.717) is 25.4 Å². The summed E-state index contributed by atoms with van der Waals surface area (Å²) in [6.07, 6.45) is 5.27. The molecule has 0 aliphatic carbocycles. The molecule has 0 spiro atoms. The molecule has 2 rings (SSSR count). The Morgan fingerprint density at radius 2 is 2.14 bits per heavy atom. The summed E-state index contributed by atoms with van der Waals surface area (Å²) < 4.78 is 0. The van der Waals surface area contributed by atoms with Gasteiger partial charge < -0.3 is 15.3 Å². The van der Waals surface area contributed by atoms with E-state index in [1.807, 2.05) is 25.4 Å². The number of nitrogens with one attached hydrogen (secondary N) is 1. The van der Waals surface area contributed by atoms with Gasteiger partial charge in [0.2, 0.25) is 0 Å². The fourth-order valence-electron chi connectivity index (χ4n) is 2.86.